The normalized spacial score (nSPS) is 13.9. The van der Waals surface area contributed by atoms with Crippen LogP contribution < -0.4 is 5.32 Å². The molecule has 3 rings (SSSR count). The second-order valence-electron chi connectivity index (χ2n) is 5.02. The molecule has 1 aromatic heterocycles. The van der Waals surface area contributed by atoms with Gasteiger partial charge in [-0.15, -0.1) is 23.1 Å². The van der Waals surface area contributed by atoms with Crippen LogP contribution in [-0.2, 0) is 17.8 Å². The predicted octanol–water partition coefficient (Wildman–Crippen LogP) is 3.47. The van der Waals surface area contributed by atoms with Gasteiger partial charge in [0.05, 0.1) is 6.54 Å². The number of amides is 1. The quantitative estimate of drug-likeness (QED) is 0.876. The van der Waals surface area contributed by atoms with Gasteiger partial charge in [0.2, 0.25) is 5.91 Å². The Morgan fingerprint density at radius 2 is 2.14 bits per heavy atom. The first-order valence-electron chi connectivity index (χ1n) is 6.97. The Kier molecular flexibility index (Phi) is 4.51. The molecule has 5 heteroatoms. The Morgan fingerprint density at radius 1 is 1.33 bits per heavy atom. The van der Waals surface area contributed by atoms with Gasteiger partial charge in [0.15, 0.2) is 0 Å². The molecule has 0 atom stereocenters. The van der Waals surface area contributed by atoms with Crippen molar-refractivity contribution in [3.63, 3.8) is 0 Å². The first kappa shape index (κ1) is 14.5. The van der Waals surface area contributed by atoms with Crippen LogP contribution in [0.15, 0.2) is 40.6 Å². The van der Waals surface area contributed by atoms with Gasteiger partial charge in [0.1, 0.15) is 0 Å². The summed E-state index contributed by atoms with van der Waals surface area (Å²) in [5.74, 6) is 0.167. The second-order valence-corrected chi connectivity index (χ2v) is 6.90. The minimum atomic E-state index is 0.167. The first-order valence-corrected chi connectivity index (χ1v) is 9.07. The van der Waals surface area contributed by atoms with Gasteiger partial charge >= 0.3 is 0 Å². The van der Waals surface area contributed by atoms with Gasteiger partial charge in [-0.2, -0.15) is 0 Å². The van der Waals surface area contributed by atoms with Crippen molar-refractivity contribution in [2.45, 2.75) is 17.9 Å². The minimum absolute atomic E-state index is 0.167. The highest BCUT2D eigenvalue weighted by atomic mass is 32.2. The van der Waals surface area contributed by atoms with Crippen molar-refractivity contribution in [3.05, 3.63) is 46.2 Å². The topological polar surface area (TPSA) is 32.3 Å². The van der Waals surface area contributed by atoms with Crippen molar-refractivity contribution in [2.75, 3.05) is 24.7 Å². The van der Waals surface area contributed by atoms with Crippen molar-refractivity contribution in [1.29, 1.82) is 0 Å². The zero-order valence-electron chi connectivity index (χ0n) is 12.0. The predicted molar refractivity (Wildman–Crippen MR) is 90.2 cm³/mol. The first-order chi connectivity index (χ1) is 10.3. The fourth-order valence-electron chi connectivity index (χ4n) is 2.46. The van der Waals surface area contributed by atoms with Crippen LogP contribution in [-0.4, -0.2) is 30.2 Å². The van der Waals surface area contributed by atoms with Crippen molar-refractivity contribution in [1.82, 2.24) is 4.90 Å². The highest BCUT2D eigenvalue weighted by molar-refractivity contribution is 7.98. The van der Waals surface area contributed by atoms with Gasteiger partial charge in [-0.3, -0.25) is 4.79 Å². The lowest BCUT2D eigenvalue weighted by molar-refractivity contribution is -0.130. The average Bonchev–Trinajstić information content (AvgIpc) is 3.00. The maximum absolute atomic E-state index is 12.3. The summed E-state index contributed by atoms with van der Waals surface area (Å²) in [6.45, 7) is 1.95. The third kappa shape index (κ3) is 3.41. The van der Waals surface area contributed by atoms with E-state index in [1.165, 1.54) is 15.3 Å². The van der Waals surface area contributed by atoms with E-state index in [0.29, 0.717) is 6.54 Å². The molecule has 0 unspecified atom stereocenters. The molecule has 21 heavy (non-hydrogen) atoms. The lowest BCUT2D eigenvalue weighted by atomic mass is 10.1. The summed E-state index contributed by atoms with van der Waals surface area (Å²) in [5.41, 5.74) is 2.30. The maximum Gasteiger partial charge on any atom is 0.242 e. The number of nitrogens with one attached hydrogen (secondary N) is 1. The number of thioether (sulfide) groups is 1. The molecule has 2 heterocycles. The van der Waals surface area contributed by atoms with Crippen LogP contribution in [0.4, 0.5) is 5.69 Å². The highest BCUT2D eigenvalue weighted by Gasteiger charge is 2.20. The largest absolute Gasteiger partial charge is 0.376 e. The SMILES string of the molecule is CSc1ccc(NCC(=O)N2CCc3sccc3C2)cc1. The number of carbonyl (C=O) groups excluding carboxylic acids is 1. The van der Waals surface area contributed by atoms with Crippen LogP contribution in [0.25, 0.3) is 0 Å². The Morgan fingerprint density at radius 3 is 2.90 bits per heavy atom. The fourth-order valence-corrected chi connectivity index (χ4v) is 3.76. The van der Waals surface area contributed by atoms with Crippen LogP contribution >= 0.6 is 23.1 Å². The molecule has 1 N–H and O–H groups in total. The standard InChI is InChI=1S/C16H18N2OS2/c1-20-14-4-2-13(3-5-14)17-10-16(19)18-8-6-15-12(11-18)7-9-21-15/h2-5,7,9,17H,6,8,10-11H2,1H3. The number of rotatable bonds is 4. The number of fused-ring (bicyclic) bond motifs is 1. The third-order valence-corrected chi connectivity index (χ3v) is 5.46. The summed E-state index contributed by atoms with van der Waals surface area (Å²) >= 11 is 3.51. The lowest BCUT2D eigenvalue weighted by Crippen LogP contribution is -2.38. The number of anilines is 1. The molecule has 0 aliphatic carbocycles. The van der Waals surface area contributed by atoms with Crippen LogP contribution in [0.2, 0.25) is 0 Å². The third-order valence-electron chi connectivity index (χ3n) is 3.69. The molecule has 0 radical (unpaired) electrons. The smallest absolute Gasteiger partial charge is 0.242 e. The molecule has 0 saturated carbocycles. The van der Waals surface area contributed by atoms with Gasteiger partial charge in [0, 0.05) is 28.5 Å². The zero-order valence-corrected chi connectivity index (χ0v) is 13.6. The minimum Gasteiger partial charge on any atom is -0.376 e. The molecule has 0 spiro atoms. The van der Waals surface area contributed by atoms with Gasteiger partial charge in [0.25, 0.3) is 0 Å². The molecule has 0 fully saturated rings. The summed E-state index contributed by atoms with van der Waals surface area (Å²) < 4.78 is 0. The van der Waals surface area contributed by atoms with E-state index in [0.717, 1.165) is 25.2 Å². The number of carbonyl (C=O) groups is 1. The van der Waals surface area contributed by atoms with Crippen molar-refractivity contribution >= 4 is 34.7 Å². The summed E-state index contributed by atoms with van der Waals surface area (Å²) in [6.07, 6.45) is 3.04. The average molecular weight is 318 g/mol. The molecule has 110 valence electrons. The number of benzene rings is 1. The van der Waals surface area contributed by atoms with E-state index >= 15 is 0 Å². The van der Waals surface area contributed by atoms with E-state index in [4.69, 9.17) is 0 Å². The molecule has 1 amide bonds. The fraction of sp³-hybridized carbons (Fsp3) is 0.312. The summed E-state index contributed by atoms with van der Waals surface area (Å²) in [7, 11) is 0. The molecule has 2 aromatic rings. The molecular weight excluding hydrogens is 300 g/mol. The number of nitrogens with zero attached hydrogens (tertiary/aromatic N) is 1. The zero-order chi connectivity index (χ0) is 14.7. The van der Waals surface area contributed by atoms with E-state index in [-0.39, 0.29) is 5.91 Å². The van der Waals surface area contributed by atoms with E-state index in [1.54, 1.807) is 23.1 Å². The van der Waals surface area contributed by atoms with Gasteiger partial charge in [-0.1, -0.05) is 0 Å². The molecule has 1 aromatic carbocycles. The Labute approximate surface area is 133 Å². The molecule has 1 aliphatic heterocycles. The second kappa shape index (κ2) is 6.54. The van der Waals surface area contributed by atoms with Crippen LogP contribution in [0, 0.1) is 0 Å². The summed E-state index contributed by atoms with van der Waals surface area (Å²) in [6, 6.07) is 10.3. The highest BCUT2D eigenvalue weighted by Crippen LogP contribution is 2.24. The van der Waals surface area contributed by atoms with E-state index in [9.17, 15) is 4.79 Å². The number of hydrogen-bond donors (Lipinski definition) is 1. The lowest BCUT2D eigenvalue weighted by Gasteiger charge is -2.27. The van der Waals surface area contributed by atoms with E-state index < -0.39 is 0 Å². The van der Waals surface area contributed by atoms with Gasteiger partial charge in [-0.05, 0) is 54.0 Å². The number of thiophene rings is 1. The van der Waals surface area contributed by atoms with Crippen LogP contribution in [0.3, 0.4) is 0 Å². The molecule has 3 nitrogen and oxygen atoms in total. The van der Waals surface area contributed by atoms with E-state index in [1.807, 2.05) is 17.0 Å². The van der Waals surface area contributed by atoms with Crippen molar-refractivity contribution in [3.8, 4) is 0 Å². The molecule has 0 saturated heterocycles. The number of hydrogen-bond acceptors (Lipinski definition) is 4. The Hall–Kier alpha value is -1.46. The Bertz CT molecular complexity index is 621. The Balaban J connectivity index is 1.54. The summed E-state index contributed by atoms with van der Waals surface area (Å²) in [4.78, 5) is 16.9. The van der Waals surface area contributed by atoms with Crippen molar-refractivity contribution < 1.29 is 4.79 Å². The van der Waals surface area contributed by atoms with Gasteiger partial charge in [-0.25, -0.2) is 0 Å². The van der Waals surface area contributed by atoms with Crippen LogP contribution in [0.1, 0.15) is 10.4 Å². The maximum atomic E-state index is 12.3. The molecular formula is C16H18N2OS2. The summed E-state index contributed by atoms with van der Waals surface area (Å²) in [5, 5.41) is 5.33. The van der Waals surface area contributed by atoms with Crippen LogP contribution in [0.5, 0.6) is 0 Å². The molecule has 1 aliphatic rings. The van der Waals surface area contributed by atoms with Crippen molar-refractivity contribution in [2.24, 2.45) is 0 Å². The van der Waals surface area contributed by atoms with Gasteiger partial charge < -0.3 is 10.2 Å². The van der Waals surface area contributed by atoms with E-state index in [2.05, 4.69) is 35.2 Å². The molecule has 0 bridgehead atoms. The monoisotopic (exact) mass is 318 g/mol.